The van der Waals surface area contributed by atoms with E-state index in [2.05, 4.69) is 17.3 Å². The monoisotopic (exact) mass is 240 g/mol. The molecule has 0 saturated carbocycles. The lowest BCUT2D eigenvalue weighted by molar-refractivity contribution is -0.386. The molecule has 0 aliphatic rings. The predicted octanol–water partition coefficient (Wildman–Crippen LogP) is 1.66. The molecule has 1 atom stereocenters. The molecule has 1 N–H and O–H groups in total. The Kier molecular flexibility index (Phi) is 4.62. The van der Waals surface area contributed by atoms with Crippen molar-refractivity contribution in [2.45, 2.75) is 46.2 Å². The molecule has 1 aromatic heterocycles. The zero-order valence-electron chi connectivity index (χ0n) is 10.9. The van der Waals surface area contributed by atoms with Gasteiger partial charge in [-0.2, -0.15) is 5.10 Å². The highest BCUT2D eigenvalue weighted by Crippen LogP contribution is 2.24. The summed E-state index contributed by atoms with van der Waals surface area (Å²) < 4.78 is 1.73. The minimum atomic E-state index is -0.327. The lowest BCUT2D eigenvalue weighted by Crippen LogP contribution is -2.28. The van der Waals surface area contributed by atoms with Crippen LogP contribution in [0.1, 0.15) is 31.7 Å². The summed E-state index contributed by atoms with van der Waals surface area (Å²) in [5.41, 5.74) is 1.38. The van der Waals surface area contributed by atoms with E-state index >= 15 is 0 Å². The number of hydrogen-bond donors (Lipinski definition) is 1. The van der Waals surface area contributed by atoms with Crippen molar-refractivity contribution in [1.82, 2.24) is 15.1 Å². The Balaban J connectivity index is 3.14. The molecule has 1 rings (SSSR count). The van der Waals surface area contributed by atoms with E-state index in [0.29, 0.717) is 18.7 Å². The Morgan fingerprint density at radius 1 is 1.53 bits per heavy atom. The van der Waals surface area contributed by atoms with E-state index in [1.165, 1.54) is 0 Å². The predicted molar refractivity (Wildman–Crippen MR) is 66.1 cm³/mol. The maximum Gasteiger partial charge on any atom is 0.313 e. The molecule has 0 amide bonds. The van der Waals surface area contributed by atoms with E-state index in [4.69, 9.17) is 0 Å². The van der Waals surface area contributed by atoms with Crippen molar-refractivity contribution in [2.75, 3.05) is 7.05 Å². The number of hydrogen-bond acceptors (Lipinski definition) is 4. The summed E-state index contributed by atoms with van der Waals surface area (Å²) >= 11 is 0. The molecular formula is C11H20N4O2. The summed E-state index contributed by atoms with van der Waals surface area (Å²) in [5, 5.41) is 18.4. The first-order chi connectivity index (χ1) is 8.04. The van der Waals surface area contributed by atoms with E-state index in [9.17, 15) is 10.1 Å². The van der Waals surface area contributed by atoms with Crippen molar-refractivity contribution in [3.05, 3.63) is 21.5 Å². The third-order valence-corrected chi connectivity index (χ3v) is 3.02. The molecule has 1 aromatic rings. The molecule has 1 unspecified atom stereocenters. The topological polar surface area (TPSA) is 73.0 Å². The van der Waals surface area contributed by atoms with Gasteiger partial charge in [0.15, 0.2) is 0 Å². The minimum absolute atomic E-state index is 0.167. The van der Waals surface area contributed by atoms with Gasteiger partial charge >= 0.3 is 5.69 Å². The van der Waals surface area contributed by atoms with Crippen LogP contribution in [0, 0.1) is 17.0 Å². The quantitative estimate of drug-likeness (QED) is 0.606. The van der Waals surface area contributed by atoms with Gasteiger partial charge in [0.05, 0.1) is 4.92 Å². The maximum atomic E-state index is 11.1. The molecule has 6 heteroatoms. The van der Waals surface area contributed by atoms with Crippen LogP contribution in [0.4, 0.5) is 5.69 Å². The highest BCUT2D eigenvalue weighted by molar-refractivity contribution is 5.41. The van der Waals surface area contributed by atoms with Crippen LogP contribution in [0.5, 0.6) is 0 Å². The van der Waals surface area contributed by atoms with Crippen molar-refractivity contribution in [1.29, 1.82) is 0 Å². The van der Waals surface area contributed by atoms with Crippen molar-refractivity contribution in [2.24, 2.45) is 0 Å². The molecule has 0 fully saturated rings. The highest BCUT2D eigenvalue weighted by Gasteiger charge is 2.25. The van der Waals surface area contributed by atoms with Gasteiger partial charge in [0.1, 0.15) is 11.4 Å². The molecule has 0 spiro atoms. The van der Waals surface area contributed by atoms with Gasteiger partial charge in [-0.25, -0.2) is 0 Å². The zero-order valence-corrected chi connectivity index (χ0v) is 10.9. The summed E-state index contributed by atoms with van der Waals surface area (Å²) in [6.45, 7) is 6.35. The number of nitro groups is 1. The third kappa shape index (κ3) is 2.82. The van der Waals surface area contributed by atoms with Crippen LogP contribution in [0.15, 0.2) is 0 Å². The van der Waals surface area contributed by atoms with Gasteiger partial charge in [-0.3, -0.25) is 14.8 Å². The van der Waals surface area contributed by atoms with Crippen LogP contribution < -0.4 is 5.32 Å². The Hall–Kier alpha value is -1.43. The maximum absolute atomic E-state index is 11.1. The van der Waals surface area contributed by atoms with Crippen molar-refractivity contribution < 1.29 is 4.92 Å². The van der Waals surface area contributed by atoms with E-state index in [1.54, 1.807) is 11.6 Å². The smallest absolute Gasteiger partial charge is 0.313 e. The van der Waals surface area contributed by atoms with Crippen LogP contribution in [0.3, 0.4) is 0 Å². The average Bonchev–Trinajstić information content (AvgIpc) is 2.62. The van der Waals surface area contributed by atoms with Crippen molar-refractivity contribution >= 4 is 5.69 Å². The van der Waals surface area contributed by atoms with Crippen LogP contribution in [0.2, 0.25) is 0 Å². The van der Waals surface area contributed by atoms with Gasteiger partial charge in [-0.05, 0) is 27.3 Å². The fourth-order valence-corrected chi connectivity index (χ4v) is 2.00. The molecule has 96 valence electrons. The Bertz CT molecular complexity index is 396. The van der Waals surface area contributed by atoms with E-state index in [1.807, 2.05) is 14.0 Å². The summed E-state index contributed by atoms with van der Waals surface area (Å²) in [6.07, 6.45) is 1.57. The molecule has 0 aliphatic carbocycles. The minimum Gasteiger partial charge on any atom is -0.317 e. The van der Waals surface area contributed by atoms with Gasteiger partial charge in [0.25, 0.3) is 0 Å². The molecule has 0 radical (unpaired) electrons. The fourth-order valence-electron chi connectivity index (χ4n) is 2.00. The van der Waals surface area contributed by atoms with Crippen LogP contribution >= 0.6 is 0 Å². The molecule has 0 aliphatic heterocycles. The second-order valence-electron chi connectivity index (χ2n) is 4.05. The Morgan fingerprint density at radius 2 is 2.18 bits per heavy atom. The first-order valence-electron chi connectivity index (χ1n) is 5.93. The van der Waals surface area contributed by atoms with Gasteiger partial charge in [-0.1, -0.05) is 6.92 Å². The lowest BCUT2D eigenvalue weighted by Gasteiger charge is -2.13. The summed E-state index contributed by atoms with van der Waals surface area (Å²) in [7, 11) is 1.87. The van der Waals surface area contributed by atoms with Gasteiger partial charge in [0.2, 0.25) is 0 Å². The lowest BCUT2D eigenvalue weighted by atomic mass is 10.1. The SMILES string of the molecule is CCC(Cc1c([N+](=O)[O-])c(C)nn1CC)NC. The third-order valence-electron chi connectivity index (χ3n) is 3.02. The Labute approximate surface area is 101 Å². The number of aryl methyl sites for hydroxylation is 2. The first kappa shape index (κ1) is 13.6. The van der Waals surface area contributed by atoms with E-state index in [-0.39, 0.29) is 16.7 Å². The standard InChI is InChI=1S/C11H20N4O2/c1-5-9(12-4)7-10-11(15(16)17)8(3)13-14(10)6-2/h9,12H,5-7H2,1-4H3. The molecule has 1 heterocycles. The number of nitrogens with zero attached hydrogens (tertiary/aromatic N) is 3. The summed E-state index contributed by atoms with van der Waals surface area (Å²) in [4.78, 5) is 10.7. The molecule has 6 nitrogen and oxygen atoms in total. The summed E-state index contributed by atoms with van der Waals surface area (Å²) in [6, 6.07) is 0.245. The molecule has 0 bridgehead atoms. The molecule has 0 aromatic carbocycles. The van der Waals surface area contributed by atoms with Crippen molar-refractivity contribution in [3.8, 4) is 0 Å². The largest absolute Gasteiger partial charge is 0.317 e. The number of nitrogens with one attached hydrogen (secondary N) is 1. The van der Waals surface area contributed by atoms with Gasteiger partial charge in [0, 0.05) is 19.0 Å². The normalized spacial score (nSPS) is 12.7. The first-order valence-corrected chi connectivity index (χ1v) is 5.93. The van der Waals surface area contributed by atoms with Crippen molar-refractivity contribution in [3.63, 3.8) is 0 Å². The van der Waals surface area contributed by atoms with E-state index < -0.39 is 0 Å². The van der Waals surface area contributed by atoms with Gasteiger partial charge in [-0.15, -0.1) is 0 Å². The van der Waals surface area contributed by atoms with Gasteiger partial charge < -0.3 is 5.32 Å². The van der Waals surface area contributed by atoms with E-state index in [0.717, 1.165) is 12.1 Å². The molecule has 17 heavy (non-hydrogen) atoms. The van der Waals surface area contributed by atoms with Crippen LogP contribution in [0.25, 0.3) is 0 Å². The number of aromatic nitrogens is 2. The van der Waals surface area contributed by atoms with Crippen LogP contribution in [-0.2, 0) is 13.0 Å². The Morgan fingerprint density at radius 3 is 2.59 bits per heavy atom. The number of likely N-dealkylation sites (N-methyl/N-ethyl adjacent to an activating group) is 1. The van der Waals surface area contributed by atoms with Crippen LogP contribution in [-0.4, -0.2) is 27.8 Å². The zero-order chi connectivity index (χ0) is 13.0. The fraction of sp³-hybridized carbons (Fsp3) is 0.727. The second-order valence-corrected chi connectivity index (χ2v) is 4.05. The molecular weight excluding hydrogens is 220 g/mol. The second kappa shape index (κ2) is 5.77. The average molecular weight is 240 g/mol. The summed E-state index contributed by atoms with van der Waals surface area (Å²) in [5.74, 6) is 0. The molecule has 0 saturated heterocycles. The highest BCUT2D eigenvalue weighted by atomic mass is 16.6. The number of rotatable bonds is 6.